The number of likely N-dealkylation sites (tertiary alicyclic amines) is 1. The van der Waals surface area contributed by atoms with E-state index in [1.54, 1.807) is 0 Å². The molecule has 0 spiro atoms. The number of ether oxygens (including phenoxy) is 7. The van der Waals surface area contributed by atoms with Crippen LogP contribution in [0.2, 0.25) is 0 Å². The van der Waals surface area contributed by atoms with Gasteiger partial charge in [0, 0.05) is 44.1 Å². The smallest absolute Gasteiger partial charge is 0.410 e. The maximum Gasteiger partial charge on any atom is 0.410 e. The lowest BCUT2D eigenvalue weighted by Gasteiger charge is -2.40. The van der Waals surface area contributed by atoms with Crippen LogP contribution in [0.25, 0.3) is 0 Å². The lowest BCUT2D eigenvalue weighted by Crippen LogP contribution is -2.54. The van der Waals surface area contributed by atoms with E-state index in [9.17, 15) is 33.6 Å². The third-order valence-electron chi connectivity index (χ3n) is 13.5. The highest BCUT2D eigenvalue weighted by molar-refractivity contribution is 5.73. The van der Waals surface area contributed by atoms with Crippen molar-refractivity contribution in [1.29, 1.82) is 0 Å². The summed E-state index contributed by atoms with van der Waals surface area (Å²) in [6.45, 7) is 8.43. The molecular weight excluding hydrogens is 949 g/mol. The summed E-state index contributed by atoms with van der Waals surface area (Å²) in [6, 6.07) is -1.20. The van der Waals surface area contributed by atoms with Crippen LogP contribution in [0.1, 0.15) is 240 Å². The second-order valence-electron chi connectivity index (χ2n) is 20.9. The summed E-state index contributed by atoms with van der Waals surface area (Å²) in [5, 5.41) is 0. The Morgan fingerprint density at radius 3 is 1.00 bits per heavy atom. The van der Waals surface area contributed by atoms with E-state index in [0.29, 0.717) is 51.5 Å². The van der Waals surface area contributed by atoms with E-state index in [0.717, 1.165) is 103 Å². The minimum absolute atomic E-state index is 0.106. The SMILES string of the molecule is CCCCCCCCC(=O)OCC(COC(=O)CCCCCCCC)CC(=O)OC[C@H]1CCC[C@@H](COC(=O)CC(COC(=O)CCCCCCCC)COC(=O)CCCCCCCC)N1C(=O)OCCN(C)C. The van der Waals surface area contributed by atoms with Crippen LogP contribution in [0.4, 0.5) is 4.79 Å². The molecule has 0 saturated carbocycles. The summed E-state index contributed by atoms with van der Waals surface area (Å²) in [7, 11) is 3.72. The van der Waals surface area contributed by atoms with E-state index in [4.69, 9.17) is 33.2 Å². The van der Waals surface area contributed by atoms with E-state index >= 15 is 0 Å². The Balaban J connectivity index is 3.04. The number of carbonyl (C=O) groups is 7. The molecule has 1 aliphatic heterocycles. The second kappa shape index (κ2) is 46.4. The van der Waals surface area contributed by atoms with Gasteiger partial charge in [-0.3, -0.25) is 33.7 Å². The van der Waals surface area contributed by atoms with E-state index in [2.05, 4.69) is 27.7 Å². The van der Waals surface area contributed by atoms with Gasteiger partial charge < -0.3 is 38.1 Å². The Hall–Kier alpha value is -3.95. The molecule has 430 valence electrons. The average molecular weight is 1050 g/mol. The standard InChI is InChI=1S/C58H104N2O14/c1-7-11-15-19-23-27-34-52(61)69-42-48(43-70-53(62)35-28-24-20-16-12-8-2)40-56(65)73-46-50-32-31-33-51(60(50)58(67)68-39-38-59(5)6)47-74-57(66)41-49(44-71-54(63)36-29-25-21-17-13-9-3)45-72-55(64)37-30-26-22-18-14-10-4/h48-51H,7-47H2,1-6H3/t50-,51+. The van der Waals surface area contributed by atoms with Gasteiger partial charge >= 0.3 is 41.9 Å². The highest BCUT2D eigenvalue weighted by atomic mass is 16.6. The zero-order valence-electron chi connectivity index (χ0n) is 47.4. The van der Waals surface area contributed by atoms with Gasteiger partial charge in [-0.1, -0.05) is 156 Å². The minimum Gasteiger partial charge on any atom is -0.465 e. The van der Waals surface area contributed by atoms with Crippen molar-refractivity contribution >= 4 is 41.9 Å². The molecule has 16 heteroatoms. The lowest BCUT2D eigenvalue weighted by atomic mass is 9.96. The first-order chi connectivity index (χ1) is 35.8. The fraction of sp³-hybridized carbons (Fsp3) is 0.879. The zero-order chi connectivity index (χ0) is 54.4. The molecule has 1 aliphatic rings. The molecule has 0 aromatic carbocycles. The first kappa shape index (κ1) is 68.1. The van der Waals surface area contributed by atoms with Gasteiger partial charge in [0.1, 0.15) is 19.8 Å². The van der Waals surface area contributed by atoms with E-state index in [1.165, 1.54) is 30.6 Å². The number of piperidine rings is 1. The average Bonchev–Trinajstić information content (AvgIpc) is 3.38. The fourth-order valence-electron chi connectivity index (χ4n) is 8.81. The normalized spacial score (nSPS) is 14.5. The largest absolute Gasteiger partial charge is 0.465 e. The number of hydrogen-bond donors (Lipinski definition) is 0. The first-order valence-corrected chi connectivity index (χ1v) is 29.4. The lowest BCUT2D eigenvalue weighted by molar-refractivity contribution is -0.157. The summed E-state index contributed by atoms with van der Waals surface area (Å²) >= 11 is 0. The molecule has 0 radical (unpaired) electrons. The van der Waals surface area contributed by atoms with E-state index < -0.39 is 42.0 Å². The van der Waals surface area contributed by atoms with Gasteiger partial charge in [0.25, 0.3) is 0 Å². The van der Waals surface area contributed by atoms with Gasteiger partial charge in [-0.15, -0.1) is 0 Å². The van der Waals surface area contributed by atoms with E-state index in [-0.39, 0.29) is 109 Å². The van der Waals surface area contributed by atoms with Crippen LogP contribution in [0.5, 0.6) is 0 Å². The van der Waals surface area contributed by atoms with Gasteiger partial charge in [-0.05, 0) is 59.0 Å². The van der Waals surface area contributed by atoms with Crippen LogP contribution in [0.3, 0.4) is 0 Å². The summed E-state index contributed by atoms with van der Waals surface area (Å²) in [4.78, 5) is 95.0. The summed E-state index contributed by atoms with van der Waals surface area (Å²) in [6.07, 6.45) is 26.3. The Bertz CT molecular complexity index is 1340. The van der Waals surface area contributed by atoms with Crippen molar-refractivity contribution < 1.29 is 66.7 Å². The summed E-state index contributed by atoms with van der Waals surface area (Å²) in [5.74, 6) is -3.93. The third-order valence-corrected chi connectivity index (χ3v) is 13.5. The third kappa shape index (κ3) is 37.7. The molecule has 0 aromatic rings. The van der Waals surface area contributed by atoms with Gasteiger partial charge in [0.2, 0.25) is 0 Å². The molecule has 1 fully saturated rings. The maximum absolute atomic E-state index is 13.8. The highest BCUT2D eigenvalue weighted by Gasteiger charge is 2.37. The van der Waals surface area contributed by atoms with Crippen LogP contribution >= 0.6 is 0 Å². The van der Waals surface area contributed by atoms with Crippen LogP contribution < -0.4 is 0 Å². The molecule has 0 aliphatic carbocycles. The molecule has 1 rings (SSSR count). The van der Waals surface area contributed by atoms with Gasteiger partial charge in [-0.25, -0.2) is 4.79 Å². The Kier molecular flexibility index (Phi) is 42.6. The fourth-order valence-corrected chi connectivity index (χ4v) is 8.81. The number of esters is 6. The van der Waals surface area contributed by atoms with Crippen molar-refractivity contribution in [2.45, 2.75) is 252 Å². The number of likely N-dealkylation sites (N-methyl/N-ethyl adjacent to an activating group) is 1. The monoisotopic (exact) mass is 1050 g/mol. The topological polar surface area (TPSA) is 191 Å². The zero-order valence-corrected chi connectivity index (χ0v) is 47.4. The van der Waals surface area contributed by atoms with Crippen LogP contribution in [0.15, 0.2) is 0 Å². The highest BCUT2D eigenvalue weighted by Crippen LogP contribution is 2.26. The molecule has 1 heterocycles. The molecule has 0 aromatic heterocycles. The van der Waals surface area contributed by atoms with Crippen molar-refractivity contribution in [2.24, 2.45) is 11.8 Å². The molecular formula is C58H104N2O14. The second-order valence-corrected chi connectivity index (χ2v) is 20.9. The number of carbonyl (C=O) groups excluding carboxylic acids is 7. The number of amides is 1. The number of unbranched alkanes of at least 4 members (excludes halogenated alkanes) is 20. The van der Waals surface area contributed by atoms with Crippen LogP contribution in [-0.2, 0) is 61.9 Å². The Morgan fingerprint density at radius 2 is 0.703 bits per heavy atom. The number of rotatable bonds is 47. The van der Waals surface area contributed by atoms with Crippen molar-refractivity contribution in [2.75, 3.05) is 66.9 Å². The summed E-state index contributed by atoms with van der Waals surface area (Å²) in [5.41, 5.74) is 0. The van der Waals surface area contributed by atoms with E-state index in [1.807, 2.05) is 19.0 Å². The molecule has 16 nitrogen and oxygen atoms in total. The van der Waals surface area contributed by atoms with Crippen LogP contribution in [0, 0.1) is 11.8 Å². The maximum atomic E-state index is 13.8. The van der Waals surface area contributed by atoms with Gasteiger partial charge in [0.15, 0.2) is 0 Å². The minimum atomic E-state index is -0.633. The van der Waals surface area contributed by atoms with Gasteiger partial charge in [-0.2, -0.15) is 0 Å². The molecule has 0 N–H and O–H groups in total. The summed E-state index contributed by atoms with van der Waals surface area (Å²) < 4.78 is 39.7. The molecule has 0 bridgehead atoms. The quantitative estimate of drug-likeness (QED) is 0.0317. The molecule has 1 amide bonds. The Labute approximate surface area is 447 Å². The predicted molar refractivity (Wildman–Crippen MR) is 287 cm³/mol. The van der Waals surface area contributed by atoms with Crippen molar-refractivity contribution in [3.8, 4) is 0 Å². The van der Waals surface area contributed by atoms with Crippen molar-refractivity contribution in [3.05, 3.63) is 0 Å². The van der Waals surface area contributed by atoms with Crippen molar-refractivity contribution in [1.82, 2.24) is 9.80 Å². The molecule has 2 atom stereocenters. The van der Waals surface area contributed by atoms with Gasteiger partial charge in [0.05, 0.1) is 51.4 Å². The first-order valence-electron chi connectivity index (χ1n) is 29.4. The molecule has 1 saturated heterocycles. The molecule has 0 unspecified atom stereocenters. The molecule has 74 heavy (non-hydrogen) atoms. The van der Waals surface area contributed by atoms with Crippen molar-refractivity contribution in [3.63, 3.8) is 0 Å². The van der Waals surface area contributed by atoms with Crippen LogP contribution in [-0.4, -0.2) is 131 Å². The Morgan fingerprint density at radius 1 is 0.405 bits per heavy atom. The predicted octanol–water partition coefficient (Wildman–Crippen LogP) is 12.2. The number of nitrogens with zero attached hydrogens (tertiary/aromatic N) is 2. The number of hydrogen-bond acceptors (Lipinski definition) is 15.